The van der Waals surface area contributed by atoms with E-state index in [2.05, 4.69) is 4.74 Å². The SMILES string of the molecule is COC(=O)C12C=CC=CC1O2. The molecule has 0 amide bonds. The van der Waals surface area contributed by atoms with Crippen molar-refractivity contribution in [3.8, 4) is 0 Å². The van der Waals surface area contributed by atoms with Gasteiger partial charge in [-0.2, -0.15) is 0 Å². The van der Waals surface area contributed by atoms with Crippen molar-refractivity contribution < 1.29 is 14.3 Å². The van der Waals surface area contributed by atoms with Gasteiger partial charge in [0.2, 0.25) is 5.60 Å². The smallest absolute Gasteiger partial charge is 0.345 e. The van der Waals surface area contributed by atoms with Crippen molar-refractivity contribution in [1.29, 1.82) is 0 Å². The van der Waals surface area contributed by atoms with Gasteiger partial charge in [0.25, 0.3) is 0 Å². The van der Waals surface area contributed by atoms with Crippen LogP contribution in [0.2, 0.25) is 0 Å². The lowest BCUT2D eigenvalue weighted by molar-refractivity contribution is -0.144. The minimum Gasteiger partial charge on any atom is -0.467 e. The fraction of sp³-hybridized carbons (Fsp3) is 0.375. The van der Waals surface area contributed by atoms with Crippen LogP contribution in [0.25, 0.3) is 0 Å². The fourth-order valence-corrected chi connectivity index (χ4v) is 1.25. The van der Waals surface area contributed by atoms with Gasteiger partial charge >= 0.3 is 5.97 Å². The molecule has 0 bridgehead atoms. The van der Waals surface area contributed by atoms with Crippen LogP contribution >= 0.6 is 0 Å². The van der Waals surface area contributed by atoms with Crippen molar-refractivity contribution in [3.63, 3.8) is 0 Å². The number of esters is 1. The zero-order chi connectivity index (χ0) is 7.90. The van der Waals surface area contributed by atoms with Crippen LogP contribution in [-0.2, 0) is 14.3 Å². The number of carbonyl (C=O) groups excluding carboxylic acids is 1. The molecule has 3 nitrogen and oxygen atoms in total. The molecule has 0 aromatic carbocycles. The van der Waals surface area contributed by atoms with Crippen LogP contribution in [0.3, 0.4) is 0 Å². The number of ether oxygens (including phenoxy) is 2. The number of fused-ring (bicyclic) bond motifs is 1. The lowest BCUT2D eigenvalue weighted by Gasteiger charge is -2.04. The van der Waals surface area contributed by atoms with E-state index in [1.54, 1.807) is 12.2 Å². The first-order valence-electron chi connectivity index (χ1n) is 3.42. The molecular weight excluding hydrogens is 144 g/mol. The van der Waals surface area contributed by atoms with Gasteiger partial charge in [-0.25, -0.2) is 4.79 Å². The van der Waals surface area contributed by atoms with E-state index in [0.29, 0.717) is 0 Å². The minimum atomic E-state index is -0.774. The Morgan fingerprint density at radius 2 is 2.45 bits per heavy atom. The fourth-order valence-electron chi connectivity index (χ4n) is 1.25. The number of hydrogen-bond acceptors (Lipinski definition) is 3. The maximum Gasteiger partial charge on any atom is 0.345 e. The highest BCUT2D eigenvalue weighted by Crippen LogP contribution is 2.41. The van der Waals surface area contributed by atoms with E-state index < -0.39 is 5.60 Å². The first kappa shape index (κ1) is 6.61. The van der Waals surface area contributed by atoms with Gasteiger partial charge < -0.3 is 9.47 Å². The van der Waals surface area contributed by atoms with Crippen molar-refractivity contribution in [2.45, 2.75) is 11.7 Å². The predicted molar refractivity (Wildman–Crippen MR) is 37.9 cm³/mol. The Balaban J connectivity index is 2.22. The molecule has 2 aliphatic rings. The molecule has 1 aliphatic heterocycles. The summed E-state index contributed by atoms with van der Waals surface area (Å²) in [6, 6.07) is 0. The van der Waals surface area contributed by atoms with Crippen molar-refractivity contribution in [1.82, 2.24) is 0 Å². The number of rotatable bonds is 1. The van der Waals surface area contributed by atoms with Crippen molar-refractivity contribution in [2.24, 2.45) is 0 Å². The highest BCUT2D eigenvalue weighted by atomic mass is 16.7. The summed E-state index contributed by atoms with van der Waals surface area (Å²) in [6.45, 7) is 0. The van der Waals surface area contributed by atoms with Crippen LogP contribution in [0.15, 0.2) is 24.3 Å². The lowest BCUT2D eigenvalue weighted by Crippen LogP contribution is -2.26. The second-order valence-corrected chi connectivity index (χ2v) is 2.57. The van der Waals surface area contributed by atoms with Crippen LogP contribution in [0.5, 0.6) is 0 Å². The van der Waals surface area contributed by atoms with Crippen LogP contribution in [0, 0.1) is 0 Å². The molecule has 1 aliphatic carbocycles. The molecule has 2 unspecified atom stereocenters. The Labute approximate surface area is 64.3 Å². The number of allylic oxidation sites excluding steroid dienone is 2. The lowest BCUT2D eigenvalue weighted by atomic mass is 10.0. The molecule has 0 aromatic rings. The van der Waals surface area contributed by atoms with Gasteiger partial charge in [-0.3, -0.25) is 0 Å². The van der Waals surface area contributed by atoms with E-state index in [9.17, 15) is 4.79 Å². The van der Waals surface area contributed by atoms with E-state index in [4.69, 9.17) is 4.74 Å². The second-order valence-electron chi connectivity index (χ2n) is 2.57. The summed E-state index contributed by atoms with van der Waals surface area (Å²) >= 11 is 0. The van der Waals surface area contributed by atoms with E-state index >= 15 is 0 Å². The molecule has 0 spiro atoms. The van der Waals surface area contributed by atoms with Gasteiger partial charge in [0, 0.05) is 0 Å². The average Bonchev–Trinajstić information content (AvgIpc) is 2.78. The second kappa shape index (κ2) is 1.95. The largest absolute Gasteiger partial charge is 0.467 e. The Kier molecular flexibility index (Phi) is 1.17. The quantitative estimate of drug-likeness (QED) is 0.404. The first-order valence-corrected chi connectivity index (χ1v) is 3.42. The number of carbonyl (C=O) groups is 1. The van der Waals surface area contributed by atoms with Gasteiger partial charge in [-0.1, -0.05) is 18.2 Å². The Morgan fingerprint density at radius 1 is 1.64 bits per heavy atom. The molecule has 0 aromatic heterocycles. The summed E-state index contributed by atoms with van der Waals surface area (Å²) in [6.07, 6.45) is 7.12. The van der Waals surface area contributed by atoms with E-state index in [1.165, 1.54) is 7.11 Å². The Morgan fingerprint density at radius 3 is 3.09 bits per heavy atom. The molecule has 1 fully saturated rings. The zero-order valence-corrected chi connectivity index (χ0v) is 6.11. The van der Waals surface area contributed by atoms with Gasteiger partial charge in [0.05, 0.1) is 7.11 Å². The molecule has 1 saturated heterocycles. The Hall–Kier alpha value is -1.09. The molecule has 58 valence electrons. The maximum atomic E-state index is 11.1. The van der Waals surface area contributed by atoms with Gasteiger partial charge in [-0.05, 0) is 6.08 Å². The van der Waals surface area contributed by atoms with E-state index in [1.807, 2.05) is 12.2 Å². The van der Waals surface area contributed by atoms with Crippen LogP contribution < -0.4 is 0 Å². The van der Waals surface area contributed by atoms with Gasteiger partial charge in [0.1, 0.15) is 6.10 Å². The molecule has 11 heavy (non-hydrogen) atoms. The normalized spacial score (nSPS) is 38.1. The Bertz CT molecular complexity index is 254. The third-order valence-electron chi connectivity index (χ3n) is 1.93. The zero-order valence-electron chi connectivity index (χ0n) is 6.11. The molecule has 2 atom stereocenters. The van der Waals surface area contributed by atoms with Gasteiger partial charge in [0.15, 0.2) is 0 Å². The van der Waals surface area contributed by atoms with E-state index in [0.717, 1.165) is 0 Å². The highest BCUT2D eigenvalue weighted by molar-refractivity contribution is 5.87. The summed E-state index contributed by atoms with van der Waals surface area (Å²) in [7, 11) is 1.36. The minimum absolute atomic E-state index is 0.0973. The molecule has 0 radical (unpaired) electrons. The maximum absolute atomic E-state index is 11.1. The number of methoxy groups -OCH3 is 1. The summed E-state index contributed by atoms with van der Waals surface area (Å²) in [5.74, 6) is -0.317. The van der Waals surface area contributed by atoms with Crippen molar-refractivity contribution >= 4 is 5.97 Å². The number of hydrogen-bond donors (Lipinski definition) is 0. The van der Waals surface area contributed by atoms with Crippen LogP contribution in [0.4, 0.5) is 0 Å². The average molecular weight is 152 g/mol. The summed E-state index contributed by atoms with van der Waals surface area (Å²) < 4.78 is 9.76. The van der Waals surface area contributed by atoms with Crippen LogP contribution in [-0.4, -0.2) is 24.8 Å². The molecular formula is C8H8O3. The highest BCUT2D eigenvalue weighted by Gasteiger charge is 2.61. The summed E-state index contributed by atoms with van der Waals surface area (Å²) in [4.78, 5) is 11.1. The standard InChI is InChI=1S/C8H8O3/c1-10-7(9)8-5-3-2-4-6(8)11-8/h2-6H,1H3. The third kappa shape index (κ3) is 0.744. The van der Waals surface area contributed by atoms with Crippen LogP contribution in [0.1, 0.15) is 0 Å². The predicted octanol–water partition coefficient (Wildman–Crippen LogP) is 0.423. The summed E-state index contributed by atoms with van der Waals surface area (Å²) in [5, 5.41) is 0. The van der Waals surface area contributed by atoms with E-state index in [-0.39, 0.29) is 12.1 Å². The summed E-state index contributed by atoms with van der Waals surface area (Å²) in [5.41, 5.74) is -0.774. The first-order chi connectivity index (χ1) is 5.29. The monoisotopic (exact) mass is 152 g/mol. The molecule has 3 heteroatoms. The molecule has 0 saturated carbocycles. The molecule has 2 rings (SSSR count). The molecule has 0 N–H and O–H groups in total. The van der Waals surface area contributed by atoms with Crippen molar-refractivity contribution in [3.05, 3.63) is 24.3 Å². The van der Waals surface area contributed by atoms with Crippen molar-refractivity contribution in [2.75, 3.05) is 7.11 Å². The molecule has 1 heterocycles. The number of epoxide rings is 1. The van der Waals surface area contributed by atoms with Gasteiger partial charge in [-0.15, -0.1) is 0 Å². The third-order valence-corrected chi connectivity index (χ3v) is 1.93. The topological polar surface area (TPSA) is 38.8 Å².